The van der Waals surface area contributed by atoms with Crippen molar-refractivity contribution in [2.24, 2.45) is 12.5 Å². The Morgan fingerprint density at radius 1 is 1.15 bits per heavy atom. The molecule has 208 valence electrons. The number of hydrogen-bond donors (Lipinski definition) is 2. The number of pyridine rings is 1. The summed E-state index contributed by atoms with van der Waals surface area (Å²) in [4.78, 5) is 21.0. The van der Waals surface area contributed by atoms with Gasteiger partial charge in [-0.1, -0.05) is 12.1 Å². The van der Waals surface area contributed by atoms with Gasteiger partial charge in [0.15, 0.2) is 0 Å². The largest absolute Gasteiger partial charge is 0.492 e. The van der Waals surface area contributed by atoms with Crippen LogP contribution in [0.1, 0.15) is 23.3 Å². The smallest absolute Gasteiger partial charge is 0.272 e. The first-order chi connectivity index (χ1) is 18.6. The van der Waals surface area contributed by atoms with E-state index in [4.69, 9.17) is 4.74 Å². The highest BCUT2D eigenvalue weighted by Crippen LogP contribution is 2.37. The van der Waals surface area contributed by atoms with Crippen LogP contribution in [0.3, 0.4) is 0 Å². The number of carbonyl (C=O) groups excluding carboxylic acids is 1. The summed E-state index contributed by atoms with van der Waals surface area (Å²) >= 11 is 0. The first-order valence-corrected chi connectivity index (χ1v) is 14.4. The summed E-state index contributed by atoms with van der Waals surface area (Å²) in [6.07, 6.45) is 5.62. The fourth-order valence-electron chi connectivity index (χ4n) is 5.35. The van der Waals surface area contributed by atoms with Gasteiger partial charge in [0.2, 0.25) is 10.0 Å². The maximum atomic E-state index is 13.2. The number of amides is 1. The Bertz CT molecular complexity index is 1420. The monoisotopic (exact) mass is 554 g/mol. The van der Waals surface area contributed by atoms with Gasteiger partial charge in [-0.15, -0.1) is 0 Å². The van der Waals surface area contributed by atoms with Crippen LogP contribution in [0.2, 0.25) is 0 Å². The minimum Gasteiger partial charge on any atom is -0.492 e. The highest BCUT2D eigenvalue weighted by molar-refractivity contribution is 7.89. The molecule has 1 aromatic carbocycles. The summed E-state index contributed by atoms with van der Waals surface area (Å²) in [5.74, 6) is 0.139. The lowest BCUT2D eigenvalue weighted by Crippen LogP contribution is -2.51. The number of nitrogens with zero attached hydrogens (tertiary/aromatic N) is 5. The zero-order chi connectivity index (χ0) is 27.6. The molecule has 0 saturated carbocycles. The second kappa shape index (κ2) is 11.0. The first kappa shape index (κ1) is 27.3. The Morgan fingerprint density at radius 3 is 2.64 bits per heavy atom. The molecule has 1 saturated heterocycles. The zero-order valence-corrected chi connectivity index (χ0v) is 23.0. The Morgan fingerprint density at radius 2 is 1.95 bits per heavy atom. The van der Waals surface area contributed by atoms with Crippen molar-refractivity contribution < 1.29 is 23.1 Å². The number of rotatable bonds is 2. The van der Waals surface area contributed by atoms with Crippen molar-refractivity contribution in [3.8, 4) is 16.9 Å². The van der Waals surface area contributed by atoms with E-state index in [1.165, 1.54) is 6.07 Å². The molecule has 5 rings (SSSR count). The van der Waals surface area contributed by atoms with E-state index < -0.39 is 16.1 Å². The number of likely N-dealkylation sites (tertiary alicyclic amines) is 1. The normalized spacial score (nSPS) is 21.8. The lowest BCUT2D eigenvalue weighted by molar-refractivity contribution is 0.0157. The second-order valence-electron chi connectivity index (χ2n) is 10.6. The summed E-state index contributed by atoms with van der Waals surface area (Å²) < 4.78 is 37.0. The third kappa shape index (κ3) is 6.14. The number of aliphatic hydroxyl groups excluding tert-OH is 1. The Labute approximate surface area is 228 Å². The van der Waals surface area contributed by atoms with Crippen LogP contribution in [-0.2, 0) is 17.1 Å². The predicted octanol–water partition coefficient (Wildman–Crippen LogP) is 1.37. The van der Waals surface area contributed by atoms with Gasteiger partial charge in [0, 0.05) is 63.1 Å². The molecular weight excluding hydrogens is 520 g/mol. The number of sulfonamides is 1. The van der Waals surface area contributed by atoms with Crippen molar-refractivity contribution in [1.82, 2.24) is 29.3 Å². The van der Waals surface area contributed by atoms with Crippen molar-refractivity contribution in [2.45, 2.75) is 23.8 Å². The number of β-amino-alcohol motifs (C(OH)–C–C–N with tert-alkyl or cyclic N) is 1. The minimum absolute atomic E-state index is 0.0224. The Balaban J connectivity index is 1.44. The van der Waals surface area contributed by atoms with Gasteiger partial charge < -0.3 is 19.6 Å². The van der Waals surface area contributed by atoms with E-state index in [2.05, 4.69) is 14.8 Å². The average Bonchev–Trinajstić information content (AvgIpc) is 3.37. The number of ether oxygens (including phenoxy) is 1. The van der Waals surface area contributed by atoms with Crippen LogP contribution in [0.15, 0.2) is 59.9 Å². The van der Waals surface area contributed by atoms with Crippen LogP contribution >= 0.6 is 0 Å². The first-order valence-electron chi connectivity index (χ1n) is 13.0. The number of hydrogen-bond acceptors (Lipinski definition) is 8. The Kier molecular flexibility index (Phi) is 7.72. The molecule has 1 spiro atoms. The summed E-state index contributed by atoms with van der Waals surface area (Å²) in [5.41, 5.74) is 1.68. The van der Waals surface area contributed by atoms with E-state index >= 15 is 0 Å². The molecule has 0 bridgehead atoms. The van der Waals surface area contributed by atoms with Gasteiger partial charge in [-0.3, -0.25) is 14.5 Å². The molecule has 1 fully saturated rings. The molecule has 39 heavy (non-hydrogen) atoms. The molecule has 1 amide bonds. The summed E-state index contributed by atoms with van der Waals surface area (Å²) in [7, 11) is -0.215. The van der Waals surface area contributed by atoms with E-state index in [1.807, 2.05) is 25.2 Å². The minimum atomic E-state index is -3.94. The molecule has 3 aromatic rings. The molecule has 1 atom stereocenters. The van der Waals surface area contributed by atoms with Crippen LogP contribution in [0.5, 0.6) is 5.75 Å². The van der Waals surface area contributed by atoms with Gasteiger partial charge in [0.25, 0.3) is 5.91 Å². The van der Waals surface area contributed by atoms with Gasteiger partial charge in [-0.05, 0) is 49.7 Å². The molecule has 2 aliphatic heterocycles. The molecule has 2 aliphatic rings. The second-order valence-corrected chi connectivity index (χ2v) is 12.3. The molecule has 11 nitrogen and oxygen atoms in total. The molecule has 4 heterocycles. The molecule has 1 unspecified atom stereocenters. The number of aromatic nitrogens is 3. The highest BCUT2D eigenvalue weighted by atomic mass is 32.2. The van der Waals surface area contributed by atoms with E-state index in [0.717, 1.165) is 11.1 Å². The van der Waals surface area contributed by atoms with Crippen molar-refractivity contribution >= 4 is 15.9 Å². The van der Waals surface area contributed by atoms with E-state index in [-0.39, 0.29) is 35.1 Å². The van der Waals surface area contributed by atoms with Gasteiger partial charge in [0.05, 0.1) is 18.9 Å². The van der Waals surface area contributed by atoms with Crippen molar-refractivity contribution in [2.75, 3.05) is 46.4 Å². The molecule has 0 aliphatic carbocycles. The van der Waals surface area contributed by atoms with Crippen molar-refractivity contribution in [3.63, 3.8) is 0 Å². The number of fused-ring (bicyclic) bond motifs is 1. The number of piperidine rings is 1. The van der Waals surface area contributed by atoms with Crippen LogP contribution < -0.4 is 9.46 Å². The van der Waals surface area contributed by atoms with Crippen molar-refractivity contribution in [1.29, 1.82) is 0 Å². The van der Waals surface area contributed by atoms with Gasteiger partial charge in [-0.2, -0.15) is 5.10 Å². The third-order valence-electron chi connectivity index (χ3n) is 7.44. The lowest BCUT2D eigenvalue weighted by Gasteiger charge is -2.44. The molecular formula is C27H34N6O5S. The predicted molar refractivity (Wildman–Crippen MR) is 145 cm³/mol. The summed E-state index contributed by atoms with van der Waals surface area (Å²) in [6, 6.07) is 10.3. The number of carbonyl (C=O) groups is 1. The number of nitrogens with one attached hydrogen (secondary N) is 1. The standard InChI is InChI=1S/C27H34N6O5S/c1-31-17-22(34)15-30-39(36,37)25-7-6-20(21-14-29-32(2)16-21)13-24(25)38-19-27(18-31)8-11-33(12-9-27)26(35)23-5-3-4-10-28-23/h3-7,10,13-14,16,22,30,34H,8-9,11-12,15,17-19H2,1-2H3. The fraction of sp³-hybridized carbons (Fsp3) is 0.444. The fourth-order valence-corrected chi connectivity index (χ4v) is 6.55. The quantitative estimate of drug-likeness (QED) is 0.486. The number of aliphatic hydroxyl groups is 1. The summed E-state index contributed by atoms with van der Waals surface area (Å²) in [5, 5.41) is 14.8. The topological polar surface area (TPSA) is 130 Å². The zero-order valence-electron chi connectivity index (χ0n) is 22.2. The average molecular weight is 555 g/mol. The van der Waals surface area contributed by atoms with Crippen molar-refractivity contribution in [3.05, 3.63) is 60.7 Å². The maximum Gasteiger partial charge on any atom is 0.272 e. The molecule has 12 heteroatoms. The third-order valence-corrected chi connectivity index (χ3v) is 8.90. The maximum absolute atomic E-state index is 13.2. The van der Waals surface area contributed by atoms with Crippen LogP contribution in [0.25, 0.3) is 11.1 Å². The van der Waals surface area contributed by atoms with E-state index in [1.54, 1.807) is 52.3 Å². The van der Waals surface area contributed by atoms with E-state index in [0.29, 0.717) is 44.7 Å². The Hall–Kier alpha value is -3.32. The molecule has 2 N–H and O–H groups in total. The van der Waals surface area contributed by atoms with Crippen LogP contribution in [0, 0.1) is 5.41 Å². The number of aryl methyl sites for hydroxylation is 1. The number of likely N-dealkylation sites (N-methyl/N-ethyl adjacent to an activating group) is 1. The summed E-state index contributed by atoms with van der Waals surface area (Å²) in [6.45, 7) is 2.12. The molecule has 2 aromatic heterocycles. The van der Waals surface area contributed by atoms with Gasteiger partial charge in [0.1, 0.15) is 16.3 Å². The van der Waals surface area contributed by atoms with Gasteiger partial charge in [-0.25, -0.2) is 13.1 Å². The van der Waals surface area contributed by atoms with E-state index in [9.17, 15) is 18.3 Å². The highest BCUT2D eigenvalue weighted by Gasteiger charge is 2.39. The van der Waals surface area contributed by atoms with Crippen LogP contribution in [-0.4, -0.2) is 96.5 Å². The lowest BCUT2D eigenvalue weighted by atomic mass is 9.78. The SMILES string of the molecule is CN1CC(O)CNS(=O)(=O)c2ccc(-c3cnn(C)c3)cc2OCC2(CCN(C(=O)c3ccccn3)CC2)C1. The number of benzene rings is 1. The molecule has 0 radical (unpaired) electrons. The van der Waals surface area contributed by atoms with Gasteiger partial charge >= 0.3 is 0 Å². The van der Waals surface area contributed by atoms with Crippen LogP contribution in [0.4, 0.5) is 0 Å².